The molecule has 0 amide bonds. The fourth-order valence-electron chi connectivity index (χ4n) is 4.36. The summed E-state index contributed by atoms with van der Waals surface area (Å²) in [6, 6.07) is 15.8. The molecule has 4 N–H and O–H groups in total. The molecule has 8 nitrogen and oxygen atoms in total. The number of nitrogens with zero attached hydrogens (tertiary/aromatic N) is 5. The Kier molecular flexibility index (Phi) is 6.11. The third-order valence-electron chi connectivity index (χ3n) is 6.40. The van der Waals surface area contributed by atoms with Gasteiger partial charge in [0.2, 0.25) is 0 Å². The van der Waals surface area contributed by atoms with Crippen molar-refractivity contribution in [2.75, 3.05) is 11.1 Å². The Bertz CT molecular complexity index is 1480. The second-order valence-corrected chi connectivity index (χ2v) is 8.78. The number of halogens is 2. The highest BCUT2D eigenvalue weighted by molar-refractivity contribution is 5.82. The lowest BCUT2D eigenvalue weighted by atomic mass is 9.86. The molecule has 2 heterocycles. The number of nitrogens with one attached hydrogen (secondary N) is 1. The molecule has 0 bridgehead atoms. The second-order valence-electron chi connectivity index (χ2n) is 8.78. The summed E-state index contributed by atoms with van der Waals surface area (Å²) in [6.07, 6.45) is 4.45. The monoisotopic (exact) mass is 489 g/mol. The van der Waals surface area contributed by atoms with Crippen molar-refractivity contribution >= 4 is 22.3 Å². The molecule has 2 atom stereocenters. The highest BCUT2D eigenvalue weighted by Crippen LogP contribution is 2.38. The summed E-state index contributed by atoms with van der Waals surface area (Å²) in [5, 5.41) is 24.7. The molecule has 2 aromatic heterocycles. The fourth-order valence-corrected chi connectivity index (χ4v) is 4.36. The molecule has 0 radical (unpaired) electrons. The molecule has 3 aromatic carbocycles. The highest BCUT2D eigenvalue weighted by atomic mass is 19.1. The van der Waals surface area contributed by atoms with Crippen LogP contribution in [0.1, 0.15) is 24.1 Å². The first-order valence-corrected chi connectivity index (χ1v) is 11.4. The molecule has 0 saturated carbocycles. The maximum Gasteiger partial charge on any atom is 0.137 e. The van der Waals surface area contributed by atoms with E-state index >= 15 is 0 Å². The Morgan fingerprint density at radius 2 is 1.86 bits per heavy atom. The van der Waals surface area contributed by atoms with Crippen molar-refractivity contribution in [2.24, 2.45) is 0 Å². The Morgan fingerprint density at radius 1 is 1.06 bits per heavy atom. The molecule has 0 aliphatic heterocycles. The first-order valence-electron chi connectivity index (χ1n) is 11.4. The zero-order valence-electron chi connectivity index (χ0n) is 19.5. The van der Waals surface area contributed by atoms with E-state index in [0.717, 1.165) is 34.3 Å². The van der Waals surface area contributed by atoms with Gasteiger partial charge in [0.05, 0.1) is 24.3 Å². The summed E-state index contributed by atoms with van der Waals surface area (Å²) in [5.74, 6) is -1.58. The number of benzene rings is 3. The van der Waals surface area contributed by atoms with Gasteiger partial charge in [0, 0.05) is 34.9 Å². The molecule has 0 aliphatic rings. The first-order chi connectivity index (χ1) is 17.3. The third kappa shape index (κ3) is 4.50. The minimum absolute atomic E-state index is 0.0580. The van der Waals surface area contributed by atoms with Crippen molar-refractivity contribution < 1.29 is 13.9 Å². The molecule has 0 spiro atoms. The van der Waals surface area contributed by atoms with Gasteiger partial charge in [-0.15, -0.1) is 0 Å². The maximum absolute atomic E-state index is 14.9. The van der Waals surface area contributed by atoms with E-state index in [2.05, 4.69) is 20.5 Å². The number of aliphatic hydroxyl groups is 1. The third-order valence-corrected chi connectivity index (χ3v) is 6.40. The molecule has 0 aliphatic carbocycles. The number of anilines is 2. The van der Waals surface area contributed by atoms with E-state index in [1.54, 1.807) is 17.8 Å². The SMILES string of the molecule is C[C@@H](n1ncc2cc(NCc3ccc(N)cc3)ccc21)[C@](O)(Cn1cncn1)c1ccc(F)cc1F. The van der Waals surface area contributed by atoms with Crippen LogP contribution in [0, 0.1) is 11.6 Å². The minimum atomic E-state index is -1.81. The maximum atomic E-state index is 14.9. The lowest BCUT2D eigenvalue weighted by Crippen LogP contribution is -2.41. The van der Waals surface area contributed by atoms with E-state index < -0.39 is 23.3 Å². The van der Waals surface area contributed by atoms with Crippen LogP contribution in [0.5, 0.6) is 0 Å². The van der Waals surface area contributed by atoms with E-state index in [0.29, 0.717) is 12.2 Å². The fraction of sp³-hybridized carbons (Fsp3) is 0.192. The Labute approximate surface area is 206 Å². The van der Waals surface area contributed by atoms with Crippen LogP contribution >= 0.6 is 0 Å². The average molecular weight is 490 g/mol. The molecule has 5 aromatic rings. The molecule has 0 fully saturated rings. The molecular formula is C26H25F2N7O. The summed E-state index contributed by atoms with van der Waals surface area (Å²) in [5.41, 5.74) is 7.34. The predicted octanol–water partition coefficient (Wildman–Crippen LogP) is 4.25. The van der Waals surface area contributed by atoms with Crippen LogP contribution in [0.25, 0.3) is 10.9 Å². The van der Waals surface area contributed by atoms with Crippen LogP contribution in [-0.2, 0) is 18.7 Å². The van der Waals surface area contributed by atoms with Gasteiger partial charge >= 0.3 is 0 Å². The normalized spacial score (nSPS) is 14.0. The Balaban J connectivity index is 1.46. The number of fused-ring (bicyclic) bond motifs is 1. The van der Waals surface area contributed by atoms with Crippen molar-refractivity contribution in [3.8, 4) is 0 Å². The van der Waals surface area contributed by atoms with E-state index in [-0.39, 0.29) is 12.1 Å². The average Bonchev–Trinajstić information content (AvgIpc) is 3.52. The molecule has 184 valence electrons. The van der Waals surface area contributed by atoms with Gasteiger partial charge in [-0.1, -0.05) is 18.2 Å². The van der Waals surface area contributed by atoms with Gasteiger partial charge in [0.15, 0.2) is 0 Å². The summed E-state index contributed by atoms with van der Waals surface area (Å²) in [7, 11) is 0. The molecule has 0 saturated heterocycles. The standard InChI is InChI=1S/C26H25F2N7O/c1-17(26(36,14-34-16-30-15-33-34)23-8-4-20(27)11-24(23)28)35-25-9-7-22(10-19(25)13-32-35)31-12-18-2-5-21(29)6-3-18/h2-11,13,15-17,31,36H,12,14,29H2,1H3/t17-,26-/m1/s1. The van der Waals surface area contributed by atoms with Crippen LogP contribution in [0.2, 0.25) is 0 Å². The van der Waals surface area contributed by atoms with Crippen LogP contribution in [0.15, 0.2) is 79.5 Å². The van der Waals surface area contributed by atoms with Gasteiger partial charge in [0.25, 0.3) is 0 Å². The first kappa shape index (κ1) is 23.4. The van der Waals surface area contributed by atoms with Gasteiger partial charge < -0.3 is 16.2 Å². The lowest BCUT2D eigenvalue weighted by molar-refractivity contribution is -0.0354. The summed E-state index contributed by atoms with van der Waals surface area (Å²) < 4.78 is 31.6. The summed E-state index contributed by atoms with van der Waals surface area (Å²) in [6.45, 7) is 2.25. The zero-order chi connectivity index (χ0) is 25.3. The number of hydrogen-bond acceptors (Lipinski definition) is 6. The number of rotatable bonds is 8. The number of hydrogen-bond donors (Lipinski definition) is 3. The van der Waals surface area contributed by atoms with Crippen LogP contribution < -0.4 is 11.1 Å². The number of aromatic nitrogens is 5. The number of nitrogen functional groups attached to an aromatic ring is 1. The highest BCUT2D eigenvalue weighted by Gasteiger charge is 2.41. The summed E-state index contributed by atoms with van der Waals surface area (Å²) >= 11 is 0. The second kappa shape index (κ2) is 9.38. The Hall–Kier alpha value is -4.31. The van der Waals surface area contributed by atoms with Gasteiger partial charge in [-0.05, 0) is 48.9 Å². The van der Waals surface area contributed by atoms with Gasteiger partial charge in [-0.3, -0.25) is 4.68 Å². The van der Waals surface area contributed by atoms with Crippen molar-refractivity contribution in [1.82, 2.24) is 24.5 Å². The molecule has 5 rings (SSSR count). The van der Waals surface area contributed by atoms with Crippen LogP contribution in [0.4, 0.5) is 20.2 Å². The lowest BCUT2D eigenvalue weighted by Gasteiger charge is -2.35. The van der Waals surface area contributed by atoms with Crippen molar-refractivity contribution in [3.05, 3.63) is 102 Å². The molecule has 0 unspecified atom stereocenters. The van der Waals surface area contributed by atoms with E-state index in [4.69, 9.17) is 5.73 Å². The van der Waals surface area contributed by atoms with Gasteiger partial charge in [-0.2, -0.15) is 10.2 Å². The van der Waals surface area contributed by atoms with Crippen molar-refractivity contribution in [3.63, 3.8) is 0 Å². The Morgan fingerprint density at radius 3 is 2.58 bits per heavy atom. The number of nitrogens with two attached hydrogens (primary N) is 1. The van der Waals surface area contributed by atoms with Crippen molar-refractivity contribution in [1.29, 1.82) is 0 Å². The topological polar surface area (TPSA) is 107 Å². The van der Waals surface area contributed by atoms with Crippen LogP contribution in [-0.4, -0.2) is 29.7 Å². The van der Waals surface area contributed by atoms with E-state index in [1.807, 2.05) is 42.5 Å². The predicted molar refractivity (Wildman–Crippen MR) is 133 cm³/mol. The van der Waals surface area contributed by atoms with Crippen molar-refractivity contribution in [2.45, 2.75) is 31.7 Å². The summed E-state index contributed by atoms with van der Waals surface area (Å²) in [4.78, 5) is 3.91. The minimum Gasteiger partial charge on any atom is -0.399 e. The smallest absolute Gasteiger partial charge is 0.137 e. The molecular weight excluding hydrogens is 464 g/mol. The van der Waals surface area contributed by atoms with Crippen LogP contribution in [0.3, 0.4) is 0 Å². The van der Waals surface area contributed by atoms with E-state index in [1.165, 1.54) is 23.4 Å². The van der Waals surface area contributed by atoms with Gasteiger partial charge in [-0.25, -0.2) is 18.4 Å². The largest absolute Gasteiger partial charge is 0.399 e. The van der Waals surface area contributed by atoms with E-state index in [9.17, 15) is 13.9 Å². The molecule has 10 heteroatoms. The molecule has 36 heavy (non-hydrogen) atoms. The van der Waals surface area contributed by atoms with Gasteiger partial charge in [0.1, 0.15) is 29.9 Å². The zero-order valence-corrected chi connectivity index (χ0v) is 19.5. The quantitative estimate of drug-likeness (QED) is 0.281.